The molecule has 1 aromatic rings. The van der Waals surface area contributed by atoms with Crippen LogP contribution in [-0.2, 0) is 15.9 Å². The largest absolute Gasteiger partial charge is 0.496 e. The zero-order chi connectivity index (χ0) is 15.8. The molecule has 120 valence electrons. The van der Waals surface area contributed by atoms with Crippen molar-refractivity contribution in [2.75, 3.05) is 26.2 Å². The molecule has 0 aliphatic carbocycles. The maximum absolute atomic E-state index is 6.06. The fourth-order valence-corrected chi connectivity index (χ4v) is 2.75. The highest BCUT2D eigenvalue weighted by molar-refractivity contribution is 6.62. The molecule has 22 heavy (non-hydrogen) atoms. The fraction of sp³-hybridized carbons (Fsp3) is 0.688. The molecule has 6 heteroatoms. The second kappa shape index (κ2) is 5.93. The number of pyridine rings is 1. The molecule has 3 rings (SSSR count). The predicted octanol–water partition coefficient (Wildman–Crippen LogP) is 0.786. The number of nitrogens with zero attached hydrogens (tertiary/aromatic N) is 2. The first-order valence-corrected chi connectivity index (χ1v) is 8.11. The number of hydrogen-bond donors (Lipinski definition) is 1. The summed E-state index contributed by atoms with van der Waals surface area (Å²) in [5.74, 6) is 0. The summed E-state index contributed by atoms with van der Waals surface area (Å²) in [6.45, 7) is 13.5. The Morgan fingerprint density at radius 2 is 1.77 bits per heavy atom. The Kier molecular flexibility index (Phi) is 4.29. The lowest BCUT2D eigenvalue weighted by Crippen LogP contribution is -2.43. The summed E-state index contributed by atoms with van der Waals surface area (Å²) in [5, 5.41) is 3.37. The third-order valence-corrected chi connectivity index (χ3v) is 4.97. The van der Waals surface area contributed by atoms with Crippen molar-refractivity contribution in [3.8, 4) is 0 Å². The van der Waals surface area contributed by atoms with Gasteiger partial charge in [-0.25, -0.2) is 0 Å². The third-order valence-electron chi connectivity index (χ3n) is 4.97. The molecule has 3 heterocycles. The van der Waals surface area contributed by atoms with Gasteiger partial charge in [0.05, 0.1) is 16.9 Å². The van der Waals surface area contributed by atoms with Crippen LogP contribution in [0.25, 0.3) is 0 Å². The molecule has 0 saturated carbocycles. The van der Waals surface area contributed by atoms with Gasteiger partial charge in [0, 0.05) is 44.4 Å². The van der Waals surface area contributed by atoms with Crippen LogP contribution in [0.4, 0.5) is 0 Å². The van der Waals surface area contributed by atoms with Crippen molar-refractivity contribution >= 4 is 12.6 Å². The van der Waals surface area contributed by atoms with Crippen LogP contribution in [0.3, 0.4) is 0 Å². The lowest BCUT2D eigenvalue weighted by Gasteiger charge is -2.32. The lowest BCUT2D eigenvalue weighted by atomic mass is 9.80. The Balaban J connectivity index is 1.65. The first-order chi connectivity index (χ1) is 10.4. The molecule has 1 N–H and O–H groups in total. The molecule has 0 radical (unpaired) electrons. The summed E-state index contributed by atoms with van der Waals surface area (Å²) in [6, 6.07) is 4.16. The van der Waals surface area contributed by atoms with Gasteiger partial charge in [0.15, 0.2) is 0 Å². The van der Waals surface area contributed by atoms with Crippen molar-refractivity contribution < 1.29 is 9.31 Å². The van der Waals surface area contributed by atoms with Crippen molar-refractivity contribution in [3.05, 3.63) is 24.0 Å². The normalized spacial score (nSPS) is 24.6. The van der Waals surface area contributed by atoms with Crippen molar-refractivity contribution in [3.63, 3.8) is 0 Å². The van der Waals surface area contributed by atoms with Crippen LogP contribution in [0.5, 0.6) is 0 Å². The summed E-state index contributed by atoms with van der Waals surface area (Å²) in [6.07, 6.45) is 1.89. The number of aromatic nitrogens is 1. The molecule has 2 aliphatic heterocycles. The van der Waals surface area contributed by atoms with E-state index in [9.17, 15) is 0 Å². The van der Waals surface area contributed by atoms with Gasteiger partial charge in [0.1, 0.15) is 0 Å². The third kappa shape index (κ3) is 3.20. The number of piperazine rings is 1. The quantitative estimate of drug-likeness (QED) is 0.837. The van der Waals surface area contributed by atoms with Crippen molar-refractivity contribution in [2.24, 2.45) is 0 Å². The molecule has 5 nitrogen and oxygen atoms in total. The molecule has 2 saturated heterocycles. The maximum Gasteiger partial charge on any atom is 0.496 e. The van der Waals surface area contributed by atoms with Gasteiger partial charge in [0.2, 0.25) is 0 Å². The van der Waals surface area contributed by atoms with Crippen LogP contribution >= 0.6 is 0 Å². The predicted molar refractivity (Wildman–Crippen MR) is 88.1 cm³/mol. The zero-order valence-corrected chi connectivity index (χ0v) is 14.1. The van der Waals surface area contributed by atoms with Gasteiger partial charge in [0.25, 0.3) is 0 Å². The van der Waals surface area contributed by atoms with E-state index in [4.69, 9.17) is 9.31 Å². The number of rotatable bonds is 3. The van der Waals surface area contributed by atoms with E-state index in [2.05, 4.69) is 55.0 Å². The van der Waals surface area contributed by atoms with E-state index in [1.165, 1.54) is 0 Å². The Morgan fingerprint density at radius 3 is 2.32 bits per heavy atom. The zero-order valence-electron chi connectivity index (χ0n) is 14.1. The molecular weight excluding hydrogens is 277 g/mol. The Bertz CT molecular complexity index is 497. The van der Waals surface area contributed by atoms with Gasteiger partial charge in [-0.1, -0.05) is 6.07 Å². The molecular formula is C16H26BN3O2. The van der Waals surface area contributed by atoms with E-state index in [1.807, 2.05) is 6.20 Å². The summed E-state index contributed by atoms with van der Waals surface area (Å²) in [7, 11) is -0.328. The molecule has 0 spiro atoms. The minimum absolute atomic E-state index is 0.308. The average Bonchev–Trinajstić information content (AvgIpc) is 2.69. The van der Waals surface area contributed by atoms with Crippen LogP contribution in [0.1, 0.15) is 33.4 Å². The molecule has 2 fully saturated rings. The molecule has 1 aromatic heterocycles. The highest BCUT2D eigenvalue weighted by Crippen LogP contribution is 2.36. The second-order valence-electron chi connectivity index (χ2n) is 7.20. The minimum Gasteiger partial charge on any atom is -0.399 e. The molecule has 0 amide bonds. The highest BCUT2D eigenvalue weighted by atomic mass is 16.7. The lowest BCUT2D eigenvalue weighted by molar-refractivity contribution is 0.00578. The molecule has 0 unspecified atom stereocenters. The van der Waals surface area contributed by atoms with Crippen LogP contribution in [0, 0.1) is 0 Å². The summed E-state index contributed by atoms with van der Waals surface area (Å²) in [5.41, 5.74) is 1.47. The van der Waals surface area contributed by atoms with E-state index in [1.54, 1.807) is 0 Å². The summed E-state index contributed by atoms with van der Waals surface area (Å²) >= 11 is 0. The molecule has 2 aliphatic rings. The standard InChI is InChI=1S/C16H26BN3O2/c1-15(2)16(3,4)22-17(21-15)13-5-6-14(19-11-13)12-20-9-7-18-8-10-20/h5-6,11,18H,7-10,12H2,1-4H3. The van der Waals surface area contributed by atoms with Crippen LogP contribution in [0.15, 0.2) is 18.3 Å². The average molecular weight is 303 g/mol. The van der Waals surface area contributed by atoms with E-state index < -0.39 is 0 Å². The first kappa shape index (κ1) is 15.9. The van der Waals surface area contributed by atoms with E-state index in [0.29, 0.717) is 0 Å². The second-order valence-corrected chi connectivity index (χ2v) is 7.20. The molecule has 0 bridgehead atoms. The first-order valence-electron chi connectivity index (χ1n) is 8.11. The van der Waals surface area contributed by atoms with Gasteiger partial charge >= 0.3 is 7.12 Å². The van der Waals surface area contributed by atoms with Gasteiger partial charge in [-0.2, -0.15) is 0 Å². The van der Waals surface area contributed by atoms with E-state index >= 15 is 0 Å². The van der Waals surface area contributed by atoms with Crippen LogP contribution in [0.2, 0.25) is 0 Å². The van der Waals surface area contributed by atoms with Gasteiger partial charge in [-0.05, 0) is 33.8 Å². The number of hydrogen-bond acceptors (Lipinski definition) is 5. The topological polar surface area (TPSA) is 46.6 Å². The Hall–Kier alpha value is -0.945. The molecule has 0 aromatic carbocycles. The molecule has 0 atom stereocenters. The van der Waals surface area contributed by atoms with Crippen LogP contribution in [-0.4, -0.2) is 54.4 Å². The van der Waals surface area contributed by atoms with E-state index in [0.717, 1.165) is 43.9 Å². The highest BCUT2D eigenvalue weighted by Gasteiger charge is 2.51. The minimum atomic E-state index is -0.328. The van der Waals surface area contributed by atoms with E-state index in [-0.39, 0.29) is 18.3 Å². The summed E-state index contributed by atoms with van der Waals surface area (Å²) in [4.78, 5) is 7.01. The SMILES string of the molecule is CC1(C)OB(c2ccc(CN3CCNCC3)nc2)OC1(C)C. The maximum atomic E-state index is 6.06. The Labute approximate surface area is 133 Å². The van der Waals surface area contributed by atoms with Crippen molar-refractivity contribution in [1.29, 1.82) is 0 Å². The smallest absolute Gasteiger partial charge is 0.399 e. The number of nitrogens with one attached hydrogen (secondary N) is 1. The van der Waals surface area contributed by atoms with Gasteiger partial charge in [-0.15, -0.1) is 0 Å². The van der Waals surface area contributed by atoms with Gasteiger partial charge < -0.3 is 14.6 Å². The van der Waals surface area contributed by atoms with Crippen molar-refractivity contribution in [1.82, 2.24) is 15.2 Å². The van der Waals surface area contributed by atoms with Crippen LogP contribution < -0.4 is 10.8 Å². The van der Waals surface area contributed by atoms with Gasteiger partial charge in [-0.3, -0.25) is 9.88 Å². The monoisotopic (exact) mass is 303 g/mol. The fourth-order valence-electron chi connectivity index (χ4n) is 2.75. The summed E-state index contributed by atoms with van der Waals surface area (Å²) < 4.78 is 12.1. The van der Waals surface area contributed by atoms with Crippen molar-refractivity contribution in [2.45, 2.75) is 45.4 Å². The Morgan fingerprint density at radius 1 is 1.14 bits per heavy atom.